The quantitative estimate of drug-likeness (QED) is 0.128. The molecular weight excluding hydrogens is 544 g/mol. The summed E-state index contributed by atoms with van der Waals surface area (Å²) in [5.74, 6) is 0.447. The first-order chi connectivity index (χ1) is 20.7. The van der Waals surface area contributed by atoms with Gasteiger partial charge in [0.15, 0.2) is 5.96 Å². The normalized spacial score (nSPS) is 39.1. The summed E-state index contributed by atoms with van der Waals surface area (Å²) in [6, 6.07) is 0. The van der Waals surface area contributed by atoms with Crippen LogP contribution in [0.1, 0.15) is 90.9 Å². The van der Waals surface area contributed by atoms with E-state index < -0.39 is 17.0 Å². The molecule has 0 radical (unpaired) electrons. The summed E-state index contributed by atoms with van der Waals surface area (Å²) in [6.07, 6.45) is 16.6. The molecule has 3 fully saturated rings. The summed E-state index contributed by atoms with van der Waals surface area (Å²) >= 11 is 0. The summed E-state index contributed by atoms with van der Waals surface area (Å²) < 4.78 is 6.64. The summed E-state index contributed by atoms with van der Waals surface area (Å²) in [5.41, 5.74) is 5.15. The Hall–Kier alpha value is -1.94. The largest absolute Gasteiger partial charge is 0.478 e. The fraction of sp³-hybridized carbons (Fsp3) is 0.824. The number of aliphatic hydroxyl groups is 2. The number of ether oxygens (including phenoxy) is 1. The number of nitrogens with one attached hydrogen (secondary N) is 1. The zero-order chi connectivity index (χ0) is 30.8. The maximum absolute atomic E-state index is 13.1. The van der Waals surface area contributed by atoms with Gasteiger partial charge in [-0.2, -0.15) is 0 Å². The minimum atomic E-state index is -1.55. The van der Waals surface area contributed by atoms with Crippen LogP contribution in [0.5, 0.6) is 0 Å². The Labute approximate surface area is 258 Å². The summed E-state index contributed by atoms with van der Waals surface area (Å²) in [4.78, 5) is 19.5. The average Bonchev–Trinajstić information content (AvgIpc) is 3.34. The maximum Gasteiger partial charge on any atom is 0.334 e. The molecule has 1 heterocycles. The van der Waals surface area contributed by atoms with Gasteiger partial charge < -0.3 is 36.0 Å². The number of aliphatic hydroxyl groups excluding tert-OH is 1. The van der Waals surface area contributed by atoms with E-state index >= 15 is 0 Å². The number of carboxylic acids is 1. The number of nitrogens with zero attached hydrogens (tertiary/aromatic N) is 2. The van der Waals surface area contributed by atoms with Gasteiger partial charge in [0.1, 0.15) is 5.60 Å². The Balaban J connectivity index is 1.52. The highest BCUT2D eigenvalue weighted by Gasteiger charge is 2.75. The van der Waals surface area contributed by atoms with E-state index in [9.17, 15) is 20.1 Å². The Kier molecular flexibility index (Phi) is 9.96. The number of aliphatic imine (C=N–C) groups is 1. The third-order valence-electron chi connectivity index (χ3n) is 12.2. The van der Waals surface area contributed by atoms with Gasteiger partial charge in [-0.25, -0.2) is 4.79 Å². The minimum Gasteiger partial charge on any atom is -0.478 e. The summed E-state index contributed by atoms with van der Waals surface area (Å²) in [5, 5.41) is 36.2. The molecule has 4 aliphatic carbocycles. The summed E-state index contributed by atoms with van der Waals surface area (Å²) in [6.45, 7) is 6.38. The maximum atomic E-state index is 13.1. The number of hydrogen-bond donors (Lipinski definition) is 5. The zero-order valence-corrected chi connectivity index (χ0v) is 26.7. The van der Waals surface area contributed by atoms with Gasteiger partial charge in [0.05, 0.1) is 24.9 Å². The molecule has 0 aromatic rings. The Bertz CT molecular complexity index is 1110. The molecular formula is C34H56N4O5. The van der Waals surface area contributed by atoms with Gasteiger partial charge in [0, 0.05) is 43.7 Å². The van der Waals surface area contributed by atoms with Crippen LogP contribution in [-0.2, 0) is 9.53 Å². The van der Waals surface area contributed by atoms with Crippen LogP contribution in [0.3, 0.4) is 0 Å². The van der Waals surface area contributed by atoms with Crippen molar-refractivity contribution in [2.45, 2.75) is 103 Å². The molecule has 1 aliphatic heterocycles. The van der Waals surface area contributed by atoms with E-state index in [-0.39, 0.29) is 48.1 Å². The number of aliphatic carboxylic acids is 1. The molecule has 43 heavy (non-hydrogen) atoms. The van der Waals surface area contributed by atoms with E-state index in [0.717, 1.165) is 44.1 Å². The number of rotatable bonds is 12. The van der Waals surface area contributed by atoms with Gasteiger partial charge in [0.2, 0.25) is 0 Å². The number of unbranched alkanes of at least 4 members (excludes halogenated alkanes) is 2. The molecule has 242 valence electrons. The first-order valence-corrected chi connectivity index (χ1v) is 17.0. The lowest BCUT2D eigenvalue weighted by atomic mass is 9.46. The van der Waals surface area contributed by atoms with Gasteiger partial charge in [0.25, 0.3) is 0 Å². The third-order valence-corrected chi connectivity index (χ3v) is 12.2. The lowest BCUT2D eigenvalue weighted by molar-refractivity contribution is -0.145. The van der Waals surface area contributed by atoms with Crippen molar-refractivity contribution < 1.29 is 24.9 Å². The second-order valence-electron chi connectivity index (χ2n) is 14.2. The van der Waals surface area contributed by atoms with Gasteiger partial charge in [-0.3, -0.25) is 4.99 Å². The van der Waals surface area contributed by atoms with Crippen molar-refractivity contribution >= 4 is 11.9 Å². The molecule has 0 saturated heterocycles. The van der Waals surface area contributed by atoms with Crippen molar-refractivity contribution in [3.8, 4) is 0 Å². The number of allylic oxidation sites excluding steroid dienone is 1. The van der Waals surface area contributed by atoms with Crippen LogP contribution in [0.2, 0.25) is 0 Å². The molecule has 6 N–H and O–H groups in total. The highest BCUT2D eigenvalue weighted by atomic mass is 16.5. The number of nitrogens with two attached hydrogens (primary N) is 1. The summed E-state index contributed by atoms with van der Waals surface area (Å²) in [7, 11) is 1.70. The van der Waals surface area contributed by atoms with Crippen LogP contribution in [0.15, 0.2) is 28.4 Å². The van der Waals surface area contributed by atoms with Crippen molar-refractivity contribution in [3.05, 3.63) is 23.4 Å². The Morgan fingerprint density at radius 3 is 2.74 bits per heavy atom. The first kappa shape index (κ1) is 32.5. The monoisotopic (exact) mass is 600 g/mol. The Morgan fingerprint density at radius 2 is 2.02 bits per heavy atom. The molecule has 9 heteroatoms. The third kappa shape index (κ3) is 5.46. The van der Waals surface area contributed by atoms with Crippen molar-refractivity contribution in [2.75, 3.05) is 39.9 Å². The van der Waals surface area contributed by atoms with Gasteiger partial charge >= 0.3 is 5.97 Å². The van der Waals surface area contributed by atoms with Gasteiger partial charge in [-0.15, -0.1) is 0 Å². The molecule has 8 atom stereocenters. The number of carbonyl (C=O) groups is 1. The van der Waals surface area contributed by atoms with Crippen LogP contribution in [-0.4, -0.2) is 83.7 Å². The second-order valence-corrected chi connectivity index (χ2v) is 14.2. The van der Waals surface area contributed by atoms with E-state index in [1.807, 2.05) is 11.1 Å². The smallest absolute Gasteiger partial charge is 0.334 e. The molecule has 0 aromatic heterocycles. The van der Waals surface area contributed by atoms with Gasteiger partial charge in [-0.05, 0) is 74.2 Å². The fourth-order valence-corrected chi connectivity index (χ4v) is 10.4. The first-order valence-electron chi connectivity index (χ1n) is 17.0. The highest BCUT2D eigenvalue weighted by Crippen LogP contribution is 2.77. The van der Waals surface area contributed by atoms with E-state index in [1.54, 1.807) is 7.05 Å². The molecule has 3 saturated carbocycles. The average molecular weight is 601 g/mol. The molecule has 2 bridgehead atoms. The van der Waals surface area contributed by atoms with Crippen molar-refractivity contribution in [1.82, 2.24) is 10.2 Å². The van der Waals surface area contributed by atoms with E-state index in [1.165, 1.54) is 25.7 Å². The van der Waals surface area contributed by atoms with Crippen molar-refractivity contribution in [1.29, 1.82) is 0 Å². The zero-order valence-electron chi connectivity index (χ0n) is 26.7. The molecule has 9 nitrogen and oxygen atoms in total. The number of hydrogen-bond acceptors (Lipinski definition) is 6. The van der Waals surface area contributed by atoms with Gasteiger partial charge in [-0.1, -0.05) is 52.0 Å². The lowest BCUT2D eigenvalue weighted by Crippen LogP contribution is -2.62. The van der Waals surface area contributed by atoms with E-state index in [2.05, 4.69) is 30.2 Å². The van der Waals surface area contributed by atoms with Crippen LogP contribution in [0.25, 0.3) is 0 Å². The predicted molar refractivity (Wildman–Crippen MR) is 168 cm³/mol. The number of guanidine groups is 1. The minimum absolute atomic E-state index is 0.0355. The van der Waals surface area contributed by atoms with Crippen molar-refractivity contribution in [2.24, 2.45) is 45.2 Å². The molecule has 2 spiro atoms. The Morgan fingerprint density at radius 1 is 1.23 bits per heavy atom. The molecule has 5 aliphatic rings. The van der Waals surface area contributed by atoms with E-state index in [4.69, 9.17) is 10.5 Å². The van der Waals surface area contributed by atoms with Crippen LogP contribution >= 0.6 is 0 Å². The molecule has 8 unspecified atom stereocenters. The van der Waals surface area contributed by atoms with Crippen molar-refractivity contribution in [3.63, 3.8) is 0 Å². The standard InChI is InChI=1S/C34H56N4O5/c1-4-5-6-9-24-10-7-8-11-28(24)43-22-32(42)20-33-23(2)12-13-25(18-27(33)29(32)30(40)41)34(33)21-38(31(35)36-3)16-14-26(34)19-37-15-17-39/h14,16,23-26,28,37,39,42H,4-13,15,17-22H2,1-3H3,(H2,35,36)(H,40,41). The SMILES string of the molecule is CCCCCC1CCCCC1OCC1(O)CC23C(=C1C(=O)O)CC(CCC2C)C31CN(C(N)=NC)C=CC1CNCCO. The second kappa shape index (κ2) is 13.2. The topological polar surface area (TPSA) is 141 Å². The van der Waals surface area contributed by atoms with Crippen LogP contribution in [0, 0.1) is 34.5 Å². The van der Waals surface area contributed by atoms with Crippen LogP contribution < -0.4 is 11.1 Å². The van der Waals surface area contributed by atoms with E-state index in [0.29, 0.717) is 44.4 Å². The molecule has 5 rings (SSSR count). The highest BCUT2D eigenvalue weighted by molar-refractivity contribution is 5.92. The number of carboxylic acid groups (broad SMARTS) is 1. The molecule has 0 amide bonds. The van der Waals surface area contributed by atoms with Crippen LogP contribution in [0.4, 0.5) is 0 Å². The molecule has 0 aromatic carbocycles. The lowest BCUT2D eigenvalue weighted by Gasteiger charge is -2.61. The fourth-order valence-electron chi connectivity index (χ4n) is 10.4. The predicted octanol–water partition coefficient (Wildman–Crippen LogP) is 4.05.